The summed E-state index contributed by atoms with van der Waals surface area (Å²) in [7, 11) is 0. The molecule has 0 aliphatic heterocycles. The molecule has 6 N–H and O–H groups in total. The summed E-state index contributed by atoms with van der Waals surface area (Å²) in [6, 6.07) is 1.93. The number of carboxylic acid groups (broad SMARTS) is 1. The van der Waals surface area contributed by atoms with E-state index in [1.807, 2.05) is 26.8 Å². The molecule has 2 atom stereocenters. The molecule has 0 unspecified atom stereocenters. The molecule has 0 aliphatic carbocycles. The molecule has 0 saturated heterocycles. The van der Waals surface area contributed by atoms with E-state index in [1.165, 1.54) is 0 Å². The SMILES string of the molecule is CCCC[C@H](Nc1nc(Nc2cnc(C)c(C)c2)c(C(N)=O)cc1F)[C@H](C)NC(=O)O. The van der Waals surface area contributed by atoms with E-state index in [2.05, 4.69) is 25.9 Å². The van der Waals surface area contributed by atoms with Gasteiger partial charge >= 0.3 is 6.09 Å². The molecule has 10 heteroatoms. The lowest BCUT2D eigenvalue weighted by Crippen LogP contribution is -2.44. The van der Waals surface area contributed by atoms with Gasteiger partial charge in [0, 0.05) is 17.8 Å². The highest BCUT2D eigenvalue weighted by Crippen LogP contribution is 2.25. The molecular weight excluding hydrogens is 403 g/mol. The predicted octanol–water partition coefficient (Wildman–Crippen LogP) is 3.70. The summed E-state index contributed by atoms with van der Waals surface area (Å²) in [6.45, 7) is 7.46. The number of nitrogens with one attached hydrogen (secondary N) is 3. The predicted molar refractivity (Wildman–Crippen MR) is 117 cm³/mol. The van der Waals surface area contributed by atoms with E-state index in [0.717, 1.165) is 30.2 Å². The quantitative estimate of drug-likeness (QED) is 0.385. The van der Waals surface area contributed by atoms with Crippen molar-refractivity contribution in [3.05, 3.63) is 41.0 Å². The van der Waals surface area contributed by atoms with E-state index >= 15 is 0 Å². The first-order chi connectivity index (χ1) is 14.6. The summed E-state index contributed by atoms with van der Waals surface area (Å²) < 4.78 is 14.7. The first-order valence-corrected chi connectivity index (χ1v) is 10.1. The molecule has 31 heavy (non-hydrogen) atoms. The number of carbonyl (C=O) groups excluding carboxylic acids is 1. The van der Waals surface area contributed by atoms with Crippen LogP contribution in [0.15, 0.2) is 18.3 Å². The van der Waals surface area contributed by atoms with Gasteiger partial charge in [0.25, 0.3) is 5.91 Å². The molecule has 9 nitrogen and oxygen atoms in total. The summed E-state index contributed by atoms with van der Waals surface area (Å²) in [5.74, 6) is -1.62. The van der Waals surface area contributed by atoms with Crippen molar-refractivity contribution >= 4 is 29.3 Å². The Morgan fingerprint density at radius 1 is 1.26 bits per heavy atom. The Kier molecular flexibility index (Phi) is 8.12. The van der Waals surface area contributed by atoms with Crippen LogP contribution in [-0.2, 0) is 0 Å². The van der Waals surface area contributed by atoms with Crippen LogP contribution < -0.4 is 21.7 Å². The maximum absolute atomic E-state index is 14.7. The average Bonchev–Trinajstić information content (AvgIpc) is 2.69. The van der Waals surface area contributed by atoms with E-state index in [9.17, 15) is 14.0 Å². The minimum atomic E-state index is -1.17. The number of hydrogen-bond donors (Lipinski definition) is 5. The van der Waals surface area contributed by atoms with Gasteiger partial charge in [-0.05, 0) is 44.9 Å². The molecule has 2 heterocycles. The van der Waals surface area contributed by atoms with Crippen LogP contribution in [0.1, 0.15) is 54.7 Å². The van der Waals surface area contributed by atoms with Crippen molar-refractivity contribution in [1.82, 2.24) is 15.3 Å². The molecule has 0 radical (unpaired) electrons. The van der Waals surface area contributed by atoms with Crippen LogP contribution in [0.5, 0.6) is 0 Å². The summed E-state index contributed by atoms with van der Waals surface area (Å²) in [5.41, 5.74) is 7.66. The lowest BCUT2D eigenvalue weighted by Gasteiger charge is -2.26. The standard InChI is InChI=1S/C21H29FN6O3/c1-5-6-7-17(13(4)25-21(30)31)27-20-16(22)9-15(18(23)29)19(28-20)26-14-8-11(2)12(3)24-10-14/h8-10,13,17,25H,5-7H2,1-4H3,(H2,23,29)(H,30,31)(H2,26,27,28)/t13-,17-/m0/s1. The third-order valence-electron chi connectivity index (χ3n) is 4.99. The number of nitrogens with two attached hydrogens (primary N) is 1. The van der Waals surface area contributed by atoms with Gasteiger partial charge in [-0.25, -0.2) is 14.2 Å². The van der Waals surface area contributed by atoms with E-state index in [0.29, 0.717) is 12.1 Å². The van der Waals surface area contributed by atoms with E-state index in [-0.39, 0.29) is 17.2 Å². The summed E-state index contributed by atoms with van der Waals surface area (Å²) in [4.78, 5) is 31.4. The van der Waals surface area contributed by atoms with Crippen molar-refractivity contribution in [2.45, 2.75) is 59.0 Å². The van der Waals surface area contributed by atoms with E-state index in [4.69, 9.17) is 10.8 Å². The first kappa shape index (κ1) is 23.8. The normalized spacial score (nSPS) is 12.7. The minimum absolute atomic E-state index is 0.0783. The number of primary amides is 1. The van der Waals surface area contributed by atoms with Gasteiger partial charge in [0.05, 0.1) is 17.4 Å². The Balaban J connectivity index is 2.39. The fourth-order valence-electron chi connectivity index (χ4n) is 3.06. The number of amides is 2. The molecule has 2 amide bonds. The highest BCUT2D eigenvalue weighted by molar-refractivity contribution is 5.98. The molecule has 0 fully saturated rings. The number of halogens is 1. The van der Waals surface area contributed by atoms with Crippen molar-refractivity contribution in [3.63, 3.8) is 0 Å². The number of unbranched alkanes of at least 4 members (excludes halogenated alkanes) is 1. The molecule has 2 rings (SSSR count). The molecule has 0 aliphatic rings. The third-order valence-corrected chi connectivity index (χ3v) is 4.99. The number of anilines is 3. The lowest BCUT2D eigenvalue weighted by molar-refractivity contribution is 0.100. The maximum Gasteiger partial charge on any atom is 0.404 e. The van der Waals surface area contributed by atoms with Gasteiger partial charge in [-0.3, -0.25) is 9.78 Å². The molecular formula is C21H29FN6O3. The molecule has 0 aromatic carbocycles. The second-order valence-corrected chi connectivity index (χ2v) is 7.46. The maximum atomic E-state index is 14.7. The zero-order valence-electron chi connectivity index (χ0n) is 18.1. The van der Waals surface area contributed by atoms with Gasteiger partial charge in [-0.15, -0.1) is 0 Å². The summed E-state index contributed by atoms with van der Waals surface area (Å²) in [6.07, 6.45) is 2.71. The molecule has 0 bridgehead atoms. The molecule has 0 saturated carbocycles. The fraction of sp³-hybridized carbons (Fsp3) is 0.429. The number of aryl methyl sites for hydroxylation is 2. The Morgan fingerprint density at radius 2 is 1.97 bits per heavy atom. The second kappa shape index (κ2) is 10.6. The van der Waals surface area contributed by atoms with Gasteiger partial charge < -0.3 is 26.8 Å². The van der Waals surface area contributed by atoms with Crippen LogP contribution in [0.3, 0.4) is 0 Å². The van der Waals surface area contributed by atoms with Crippen LogP contribution >= 0.6 is 0 Å². The third kappa shape index (κ3) is 6.53. The van der Waals surface area contributed by atoms with E-state index < -0.39 is 29.9 Å². The zero-order valence-corrected chi connectivity index (χ0v) is 18.1. The van der Waals surface area contributed by atoms with Crippen molar-refractivity contribution in [2.24, 2.45) is 5.73 Å². The average molecular weight is 433 g/mol. The van der Waals surface area contributed by atoms with Crippen molar-refractivity contribution in [2.75, 3.05) is 10.6 Å². The second-order valence-electron chi connectivity index (χ2n) is 7.46. The van der Waals surface area contributed by atoms with Gasteiger partial charge in [0.2, 0.25) is 0 Å². The Hall–Kier alpha value is -3.43. The summed E-state index contributed by atoms with van der Waals surface area (Å²) >= 11 is 0. The lowest BCUT2D eigenvalue weighted by atomic mass is 10.0. The Morgan fingerprint density at radius 3 is 2.55 bits per heavy atom. The van der Waals surface area contributed by atoms with Crippen LogP contribution in [0.4, 0.5) is 26.5 Å². The highest BCUT2D eigenvalue weighted by atomic mass is 19.1. The topological polar surface area (TPSA) is 142 Å². The first-order valence-electron chi connectivity index (χ1n) is 10.1. The number of rotatable bonds is 10. The van der Waals surface area contributed by atoms with Crippen molar-refractivity contribution in [3.8, 4) is 0 Å². The van der Waals surface area contributed by atoms with Crippen molar-refractivity contribution < 1.29 is 19.1 Å². The molecule has 168 valence electrons. The fourth-order valence-corrected chi connectivity index (χ4v) is 3.06. The van der Waals surface area contributed by atoms with Crippen molar-refractivity contribution in [1.29, 1.82) is 0 Å². The number of carbonyl (C=O) groups is 2. The number of hydrogen-bond acceptors (Lipinski definition) is 6. The van der Waals surface area contributed by atoms with Gasteiger partial charge in [-0.2, -0.15) is 0 Å². The zero-order chi connectivity index (χ0) is 23.1. The van der Waals surface area contributed by atoms with Crippen LogP contribution in [0.25, 0.3) is 0 Å². The largest absolute Gasteiger partial charge is 0.465 e. The van der Waals surface area contributed by atoms with Gasteiger partial charge in [0.1, 0.15) is 5.82 Å². The van der Waals surface area contributed by atoms with E-state index in [1.54, 1.807) is 13.1 Å². The number of pyridine rings is 2. The smallest absolute Gasteiger partial charge is 0.404 e. The minimum Gasteiger partial charge on any atom is -0.465 e. The Labute approximate surface area is 180 Å². The number of aromatic nitrogens is 2. The Bertz CT molecular complexity index is 953. The van der Waals surface area contributed by atoms with Crippen LogP contribution in [0, 0.1) is 19.7 Å². The monoisotopic (exact) mass is 432 g/mol. The molecule has 2 aromatic rings. The summed E-state index contributed by atoms with van der Waals surface area (Å²) in [5, 5.41) is 17.4. The van der Waals surface area contributed by atoms with Gasteiger partial charge in [-0.1, -0.05) is 19.8 Å². The molecule has 0 spiro atoms. The van der Waals surface area contributed by atoms with Gasteiger partial charge in [0.15, 0.2) is 11.6 Å². The van der Waals surface area contributed by atoms with Crippen LogP contribution in [-0.4, -0.2) is 39.2 Å². The molecule has 2 aromatic heterocycles. The highest BCUT2D eigenvalue weighted by Gasteiger charge is 2.23. The number of nitrogens with zero attached hydrogens (tertiary/aromatic N) is 2. The van der Waals surface area contributed by atoms with Crippen LogP contribution in [0.2, 0.25) is 0 Å².